The van der Waals surface area contributed by atoms with Gasteiger partial charge >= 0.3 is 49.4 Å². The fourth-order valence-electron chi connectivity index (χ4n) is 1.51. The van der Waals surface area contributed by atoms with E-state index in [2.05, 4.69) is 40.0 Å². The topological polar surface area (TPSA) is 34.1 Å². The SMILES string of the molecule is CC1C(=O)CC(=O)C(C)C1C.[I][V][I]. The van der Waals surface area contributed by atoms with E-state index in [-0.39, 0.29) is 35.7 Å². The molecule has 0 aliphatic heterocycles. The van der Waals surface area contributed by atoms with Crippen LogP contribution < -0.4 is 0 Å². The molecule has 2 nitrogen and oxygen atoms in total. The first-order valence-corrected chi connectivity index (χ1v) is 13.4. The third kappa shape index (κ3) is 4.49. The summed E-state index contributed by atoms with van der Waals surface area (Å²) in [6.07, 6.45) is 0.159. The van der Waals surface area contributed by atoms with Crippen molar-refractivity contribution in [2.24, 2.45) is 17.8 Å². The Balaban J connectivity index is 0.000000500. The maximum absolute atomic E-state index is 11.1. The van der Waals surface area contributed by atoms with Gasteiger partial charge < -0.3 is 0 Å². The molecule has 0 N–H and O–H groups in total. The number of carbonyl (C=O) groups excluding carboxylic acids is 2. The van der Waals surface area contributed by atoms with Crippen molar-refractivity contribution in [2.45, 2.75) is 27.2 Å². The van der Waals surface area contributed by atoms with Crippen molar-refractivity contribution >= 4 is 51.5 Å². The van der Waals surface area contributed by atoms with E-state index in [9.17, 15) is 9.59 Å². The molecule has 0 amide bonds. The zero-order valence-corrected chi connectivity index (χ0v) is 14.2. The van der Waals surface area contributed by atoms with E-state index in [1.54, 1.807) is 0 Å². The van der Waals surface area contributed by atoms with Crippen LogP contribution in [0.5, 0.6) is 0 Å². The summed E-state index contributed by atoms with van der Waals surface area (Å²) in [7, 11) is 0.628. The first-order valence-electron chi connectivity index (χ1n) is 4.43. The zero-order valence-electron chi connectivity index (χ0n) is 8.46. The summed E-state index contributed by atoms with van der Waals surface area (Å²) >= 11 is 4.74. The fourth-order valence-corrected chi connectivity index (χ4v) is 1.51. The van der Waals surface area contributed by atoms with E-state index < -0.39 is 0 Å². The Hall–Kier alpha value is 1.38. The molecule has 1 saturated carbocycles. The minimum atomic E-state index is 0.0719. The van der Waals surface area contributed by atoms with Crippen molar-refractivity contribution in [1.82, 2.24) is 0 Å². The van der Waals surface area contributed by atoms with Crippen molar-refractivity contribution in [3.8, 4) is 0 Å². The van der Waals surface area contributed by atoms with Crippen molar-refractivity contribution in [2.75, 3.05) is 0 Å². The Bertz CT molecular complexity index is 201. The third-order valence-corrected chi connectivity index (χ3v) is 2.94. The second kappa shape index (κ2) is 7.62. The van der Waals surface area contributed by atoms with Gasteiger partial charge in [0.15, 0.2) is 0 Å². The van der Waals surface area contributed by atoms with Crippen molar-refractivity contribution in [1.29, 1.82) is 0 Å². The van der Waals surface area contributed by atoms with Crippen molar-refractivity contribution in [3.05, 3.63) is 0 Å². The Morgan fingerprint density at radius 1 is 1.07 bits per heavy atom. The van der Waals surface area contributed by atoms with E-state index in [0.29, 0.717) is 9.47 Å². The minimum absolute atomic E-state index is 0.0719. The summed E-state index contributed by atoms with van der Waals surface area (Å²) in [6.45, 7) is 5.80. The molecule has 81 valence electrons. The average molecular weight is 459 g/mol. The summed E-state index contributed by atoms with van der Waals surface area (Å²) < 4.78 is 0. The molecule has 0 aromatic heterocycles. The summed E-state index contributed by atoms with van der Waals surface area (Å²) in [5.41, 5.74) is 0. The average Bonchev–Trinajstić information content (AvgIpc) is 2.13. The van der Waals surface area contributed by atoms with Crippen LogP contribution in [0.15, 0.2) is 0 Å². The van der Waals surface area contributed by atoms with Crippen molar-refractivity contribution in [3.63, 3.8) is 0 Å². The molecular formula is C9H14I2O2V. The van der Waals surface area contributed by atoms with Gasteiger partial charge in [-0.2, -0.15) is 0 Å². The Morgan fingerprint density at radius 3 is 1.64 bits per heavy atom. The van der Waals surface area contributed by atoms with Gasteiger partial charge in [-0.05, 0) is 5.92 Å². The standard InChI is InChI=1S/C9H14O2.2HI.V/c1-5-6(2)8(10)4-9(11)7(5)3;;;/h5-7H,4H2,1-3H3;2*1H;/q;;;+2/p-2. The molecular weight excluding hydrogens is 445 g/mol. The number of rotatable bonds is 0. The van der Waals surface area contributed by atoms with E-state index >= 15 is 0 Å². The summed E-state index contributed by atoms with van der Waals surface area (Å²) in [4.78, 5) is 22.3. The third-order valence-electron chi connectivity index (χ3n) is 2.94. The van der Waals surface area contributed by atoms with Gasteiger partial charge in [0.1, 0.15) is 11.6 Å². The number of carbonyl (C=O) groups is 2. The van der Waals surface area contributed by atoms with Gasteiger partial charge in [0, 0.05) is 11.8 Å². The van der Waals surface area contributed by atoms with Crippen LogP contribution in [-0.2, 0) is 19.1 Å². The second-order valence-electron chi connectivity index (χ2n) is 3.61. The first kappa shape index (κ1) is 15.4. The van der Waals surface area contributed by atoms with E-state index in [0.717, 1.165) is 0 Å². The Morgan fingerprint density at radius 2 is 1.36 bits per heavy atom. The molecule has 14 heavy (non-hydrogen) atoms. The van der Waals surface area contributed by atoms with Crippen LogP contribution in [0.1, 0.15) is 27.2 Å². The van der Waals surface area contributed by atoms with Crippen LogP contribution in [0.25, 0.3) is 0 Å². The van der Waals surface area contributed by atoms with Gasteiger partial charge in [-0.1, -0.05) is 20.8 Å². The molecule has 0 spiro atoms. The molecule has 0 aromatic carbocycles. The van der Waals surface area contributed by atoms with Crippen LogP contribution in [0.2, 0.25) is 0 Å². The molecule has 5 heteroatoms. The molecule has 2 unspecified atom stereocenters. The Labute approximate surface area is 114 Å². The van der Waals surface area contributed by atoms with Gasteiger partial charge in [-0.15, -0.1) is 0 Å². The van der Waals surface area contributed by atoms with Gasteiger partial charge in [0.25, 0.3) is 0 Å². The molecule has 1 aliphatic carbocycles. The molecule has 1 rings (SSSR count). The molecule has 1 fully saturated rings. The first-order chi connectivity index (χ1) is 6.45. The number of hydrogen-bond acceptors (Lipinski definition) is 2. The predicted octanol–water partition coefficient (Wildman–Crippen LogP) is 3.21. The van der Waals surface area contributed by atoms with Crippen molar-refractivity contribution < 1.29 is 19.1 Å². The molecule has 0 aromatic rings. The van der Waals surface area contributed by atoms with E-state index in [1.807, 2.05) is 20.8 Å². The molecule has 0 bridgehead atoms. The summed E-state index contributed by atoms with van der Waals surface area (Å²) in [5, 5.41) is 0. The molecule has 0 radical (unpaired) electrons. The molecule has 0 heterocycles. The van der Waals surface area contributed by atoms with Crippen LogP contribution in [0, 0.1) is 17.8 Å². The molecule has 0 saturated heterocycles. The van der Waals surface area contributed by atoms with Crippen LogP contribution in [-0.4, -0.2) is 11.6 Å². The number of hydrogen-bond donors (Lipinski definition) is 0. The zero-order chi connectivity index (χ0) is 11.3. The maximum atomic E-state index is 11.1. The predicted molar refractivity (Wildman–Crippen MR) is 70.2 cm³/mol. The fraction of sp³-hybridized carbons (Fsp3) is 0.778. The van der Waals surface area contributed by atoms with E-state index in [1.165, 1.54) is 0 Å². The monoisotopic (exact) mass is 459 g/mol. The number of ketones is 2. The molecule has 1 aliphatic rings. The summed E-state index contributed by atoms with van der Waals surface area (Å²) in [5.74, 6) is 0.593. The van der Waals surface area contributed by atoms with Crippen LogP contribution in [0.3, 0.4) is 0 Å². The van der Waals surface area contributed by atoms with Crippen LogP contribution >= 0.6 is 40.0 Å². The van der Waals surface area contributed by atoms with Gasteiger partial charge in [0.05, 0.1) is 6.42 Å². The van der Waals surface area contributed by atoms with Gasteiger partial charge in [0.2, 0.25) is 0 Å². The molecule has 2 atom stereocenters. The second-order valence-corrected chi connectivity index (χ2v) is 15.4. The Kier molecular flexibility index (Phi) is 8.38. The van der Waals surface area contributed by atoms with E-state index in [4.69, 9.17) is 0 Å². The quantitative estimate of drug-likeness (QED) is 0.412. The number of halogens is 2. The van der Waals surface area contributed by atoms with Crippen LogP contribution in [0.4, 0.5) is 0 Å². The van der Waals surface area contributed by atoms with Gasteiger partial charge in [-0.3, -0.25) is 9.59 Å². The summed E-state index contributed by atoms with van der Waals surface area (Å²) in [6, 6.07) is 0. The normalized spacial score (nSPS) is 31.9. The van der Waals surface area contributed by atoms with Gasteiger partial charge in [-0.25, -0.2) is 0 Å². The number of Topliss-reactive ketones (excluding diaryl/α,β-unsaturated/α-hetero) is 2.